The van der Waals surface area contributed by atoms with Crippen LogP contribution in [0.15, 0.2) is 127 Å². The molecular weight excluding hydrogens is 422 g/mol. The molecule has 1 nitrogen and oxygen atoms in total. The molecule has 176 valence electrons. The molecule has 4 aromatic carbocycles. The molecule has 4 rings (SSSR count). The van der Waals surface area contributed by atoms with Crippen molar-refractivity contribution in [3.05, 3.63) is 150 Å². The van der Waals surface area contributed by atoms with Gasteiger partial charge in [-0.15, -0.1) is 0 Å². The number of hydrogen-bond donors (Lipinski definition) is 0. The van der Waals surface area contributed by atoms with E-state index in [1.165, 1.54) is 39.1 Å². The SMILES string of the molecule is CCCN(CCC)c1ccc(/C(=C/C=C(c2ccccc2)c2ccccc2)c2ccccc2)cc1. The first-order valence-corrected chi connectivity index (χ1v) is 12.7. The largest absolute Gasteiger partial charge is 0.372 e. The van der Waals surface area contributed by atoms with Crippen LogP contribution in [0.2, 0.25) is 0 Å². The fourth-order valence-corrected chi connectivity index (χ4v) is 4.50. The molecule has 0 aliphatic carbocycles. The van der Waals surface area contributed by atoms with Crippen LogP contribution in [0.1, 0.15) is 48.9 Å². The summed E-state index contributed by atoms with van der Waals surface area (Å²) in [7, 11) is 0. The number of rotatable bonds is 10. The van der Waals surface area contributed by atoms with Gasteiger partial charge in [0.1, 0.15) is 0 Å². The van der Waals surface area contributed by atoms with Crippen LogP contribution in [0.4, 0.5) is 5.69 Å². The van der Waals surface area contributed by atoms with E-state index in [0.717, 1.165) is 25.9 Å². The first-order valence-electron chi connectivity index (χ1n) is 12.7. The molecule has 0 unspecified atom stereocenters. The van der Waals surface area contributed by atoms with Gasteiger partial charge >= 0.3 is 0 Å². The summed E-state index contributed by atoms with van der Waals surface area (Å²) < 4.78 is 0. The Morgan fingerprint density at radius 3 is 1.17 bits per heavy atom. The first kappa shape index (κ1) is 24.3. The van der Waals surface area contributed by atoms with Crippen molar-refractivity contribution in [1.29, 1.82) is 0 Å². The maximum absolute atomic E-state index is 2.48. The van der Waals surface area contributed by atoms with Crippen molar-refractivity contribution in [3.63, 3.8) is 0 Å². The van der Waals surface area contributed by atoms with Crippen molar-refractivity contribution >= 4 is 16.8 Å². The molecule has 0 N–H and O–H groups in total. The van der Waals surface area contributed by atoms with Crippen molar-refractivity contribution in [2.45, 2.75) is 26.7 Å². The fraction of sp³-hybridized carbons (Fsp3) is 0.176. The molecule has 0 radical (unpaired) electrons. The standard InChI is InChI=1S/C34H35N/c1-3-26-35(27-4-2)32-22-20-31(21-23-32)34(30-18-12-7-13-19-30)25-24-33(28-14-8-5-9-15-28)29-16-10-6-11-17-29/h5-25H,3-4,26-27H2,1-2H3/b34-25+. The minimum absolute atomic E-state index is 1.09. The lowest BCUT2D eigenvalue weighted by Gasteiger charge is -2.24. The Morgan fingerprint density at radius 1 is 0.486 bits per heavy atom. The van der Waals surface area contributed by atoms with Crippen LogP contribution < -0.4 is 4.90 Å². The van der Waals surface area contributed by atoms with Gasteiger partial charge in [0, 0.05) is 18.8 Å². The van der Waals surface area contributed by atoms with E-state index in [1.807, 2.05) is 0 Å². The number of anilines is 1. The van der Waals surface area contributed by atoms with E-state index in [2.05, 4.69) is 146 Å². The predicted octanol–water partition coefficient (Wildman–Crippen LogP) is 8.88. The van der Waals surface area contributed by atoms with E-state index < -0.39 is 0 Å². The second kappa shape index (κ2) is 12.6. The van der Waals surface area contributed by atoms with Gasteiger partial charge in [0.05, 0.1) is 0 Å². The number of allylic oxidation sites excluding steroid dienone is 2. The van der Waals surface area contributed by atoms with Gasteiger partial charge < -0.3 is 4.90 Å². The molecule has 35 heavy (non-hydrogen) atoms. The number of benzene rings is 4. The van der Waals surface area contributed by atoms with E-state index in [0.29, 0.717) is 0 Å². The molecule has 0 saturated carbocycles. The summed E-state index contributed by atoms with van der Waals surface area (Å²) in [5.41, 5.74) is 8.61. The summed E-state index contributed by atoms with van der Waals surface area (Å²) in [5.74, 6) is 0. The summed E-state index contributed by atoms with van der Waals surface area (Å²) in [6.45, 7) is 6.68. The minimum Gasteiger partial charge on any atom is -0.372 e. The van der Waals surface area contributed by atoms with Crippen LogP contribution in [0, 0.1) is 0 Å². The van der Waals surface area contributed by atoms with Crippen molar-refractivity contribution in [2.75, 3.05) is 18.0 Å². The van der Waals surface area contributed by atoms with E-state index >= 15 is 0 Å². The Kier molecular flexibility index (Phi) is 8.73. The van der Waals surface area contributed by atoms with Gasteiger partial charge in [0.25, 0.3) is 0 Å². The Labute approximate surface area is 211 Å². The summed E-state index contributed by atoms with van der Waals surface area (Å²) in [4.78, 5) is 2.48. The Morgan fingerprint density at radius 2 is 0.829 bits per heavy atom. The highest BCUT2D eigenvalue weighted by Gasteiger charge is 2.09. The lowest BCUT2D eigenvalue weighted by atomic mass is 9.94. The maximum atomic E-state index is 2.48. The molecule has 0 saturated heterocycles. The predicted molar refractivity (Wildman–Crippen MR) is 153 cm³/mol. The lowest BCUT2D eigenvalue weighted by molar-refractivity contribution is 0.745. The normalized spacial score (nSPS) is 11.2. The van der Waals surface area contributed by atoms with Crippen molar-refractivity contribution < 1.29 is 0 Å². The molecule has 0 aliphatic heterocycles. The minimum atomic E-state index is 1.09. The zero-order valence-electron chi connectivity index (χ0n) is 20.9. The zero-order valence-corrected chi connectivity index (χ0v) is 20.9. The van der Waals surface area contributed by atoms with E-state index in [9.17, 15) is 0 Å². The van der Waals surface area contributed by atoms with Gasteiger partial charge in [0.2, 0.25) is 0 Å². The molecule has 0 aliphatic rings. The molecular formula is C34H35N. The van der Waals surface area contributed by atoms with Crippen LogP contribution in [-0.2, 0) is 0 Å². The van der Waals surface area contributed by atoms with Gasteiger partial charge in [-0.3, -0.25) is 0 Å². The van der Waals surface area contributed by atoms with Gasteiger partial charge in [-0.05, 0) is 58.4 Å². The topological polar surface area (TPSA) is 3.24 Å². The zero-order chi connectivity index (χ0) is 24.3. The van der Waals surface area contributed by atoms with Gasteiger partial charge in [0.15, 0.2) is 0 Å². The molecule has 1 heteroatoms. The fourth-order valence-electron chi connectivity index (χ4n) is 4.50. The molecule has 0 fully saturated rings. The third kappa shape index (κ3) is 6.39. The number of nitrogens with zero attached hydrogens (tertiary/aromatic N) is 1. The van der Waals surface area contributed by atoms with Crippen molar-refractivity contribution in [1.82, 2.24) is 0 Å². The van der Waals surface area contributed by atoms with Gasteiger partial charge in [-0.1, -0.05) is 129 Å². The second-order valence-corrected chi connectivity index (χ2v) is 8.79. The van der Waals surface area contributed by atoms with E-state index in [4.69, 9.17) is 0 Å². The summed E-state index contributed by atoms with van der Waals surface area (Å²) >= 11 is 0. The molecule has 0 atom stereocenters. The summed E-state index contributed by atoms with van der Waals surface area (Å²) in [5, 5.41) is 0. The van der Waals surface area contributed by atoms with E-state index in [1.54, 1.807) is 0 Å². The molecule has 0 heterocycles. The molecule has 4 aromatic rings. The highest BCUT2D eigenvalue weighted by molar-refractivity contribution is 5.86. The van der Waals surface area contributed by atoms with Crippen LogP contribution in [0.3, 0.4) is 0 Å². The monoisotopic (exact) mass is 457 g/mol. The van der Waals surface area contributed by atoms with Crippen LogP contribution in [0.25, 0.3) is 11.1 Å². The van der Waals surface area contributed by atoms with Gasteiger partial charge in [-0.2, -0.15) is 0 Å². The first-order chi connectivity index (χ1) is 17.3. The third-order valence-corrected chi connectivity index (χ3v) is 6.20. The Bertz CT molecular complexity index is 1170. The maximum Gasteiger partial charge on any atom is 0.0366 e. The quantitative estimate of drug-likeness (QED) is 0.215. The Balaban J connectivity index is 1.78. The Hall–Kier alpha value is -3.84. The van der Waals surface area contributed by atoms with Gasteiger partial charge in [-0.25, -0.2) is 0 Å². The third-order valence-electron chi connectivity index (χ3n) is 6.20. The van der Waals surface area contributed by atoms with Crippen molar-refractivity contribution in [3.8, 4) is 0 Å². The lowest BCUT2D eigenvalue weighted by Crippen LogP contribution is -2.24. The van der Waals surface area contributed by atoms with Crippen molar-refractivity contribution in [2.24, 2.45) is 0 Å². The molecule has 0 spiro atoms. The molecule has 0 bridgehead atoms. The van der Waals surface area contributed by atoms with Crippen LogP contribution >= 0.6 is 0 Å². The summed E-state index contributed by atoms with van der Waals surface area (Å²) in [6, 6.07) is 41.0. The smallest absolute Gasteiger partial charge is 0.0366 e. The summed E-state index contributed by atoms with van der Waals surface area (Å²) in [6.07, 6.45) is 6.85. The van der Waals surface area contributed by atoms with Crippen LogP contribution in [0.5, 0.6) is 0 Å². The average molecular weight is 458 g/mol. The highest BCUT2D eigenvalue weighted by atomic mass is 15.1. The van der Waals surface area contributed by atoms with E-state index in [-0.39, 0.29) is 0 Å². The second-order valence-electron chi connectivity index (χ2n) is 8.79. The highest BCUT2D eigenvalue weighted by Crippen LogP contribution is 2.29. The number of hydrogen-bond acceptors (Lipinski definition) is 1. The molecule has 0 aromatic heterocycles. The molecule has 0 amide bonds. The average Bonchev–Trinajstić information content (AvgIpc) is 2.93. The van der Waals surface area contributed by atoms with Crippen LogP contribution in [-0.4, -0.2) is 13.1 Å².